The zero-order valence-electron chi connectivity index (χ0n) is 25.5. The molecule has 4 aromatic rings. The number of benzene rings is 1. The maximum Gasteiger partial charge on any atom is 0.237 e. The fraction of sp³-hybridized carbons (Fsp3) is 0.471. The monoisotopic (exact) mass is 597 g/mol. The van der Waals surface area contributed by atoms with Crippen LogP contribution >= 0.6 is 0 Å². The van der Waals surface area contributed by atoms with E-state index >= 15 is 0 Å². The molecule has 2 bridgehead atoms. The van der Waals surface area contributed by atoms with Crippen LogP contribution in [0.15, 0.2) is 43.0 Å². The topological polar surface area (TPSA) is 79.2 Å². The average Bonchev–Trinajstić information content (AvgIpc) is 3.74. The number of hydrogen-bond acceptors (Lipinski definition) is 6. The number of imidazole rings is 1. The van der Waals surface area contributed by atoms with E-state index in [1.54, 1.807) is 6.33 Å². The number of anilines is 3. The van der Waals surface area contributed by atoms with E-state index in [1.165, 1.54) is 25.8 Å². The molecular weight excluding hydrogens is 560 g/mol. The summed E-state index contributed by atoms with van der Waals surface area (Å²) in [6, 6.07) is 9.47. The molecule has 0 radical (unpaired) electrons. The van der Waals surface area contributed by atoms with Gasteiger partial charge in [0.25, 0.3) is 0 Å². The molecule has 3 aromatic heterocycles. The van der Waals surface area contributed by atoms with Gasteiger partial charge >= 0.3 is 0 Å². The second-order valence-electron chi connectivity index (χ2n) is 13.9. The Morgan fingerprint density at radius 3 is 2.45 bits per heavy atom. The van der Waals surface area contributed by atoms with Gasteiger partial charge in [-0.1, -0.05) is 12.1 Å². The fourth-order valence-corrected chi connectivity index (χ4v) is 8.09. The van der Waals surface area contributed by atoms with Gasteiger partial charge in [-0.3, -0.25) is 14.7 Å². The van der Waals surface area contributed by atoms with Crippen LogP contribution in [0.25, 0.3) is 22.3 Å². The fourth-order valence-electron chi connectivity index (χ4n) is 8.09. The van der Waals surface area contributed by atoms with Crippen LogP contribution in [0, 0.1) is 17.6 Å². The first-order valence-corrected chi connectivity index (χ1v) is 15.8. The Morgan fingerprint density at radius 2 is 1.77 bits per heavy atom. The predicted octanol–water partition coefficient (Wildman–Crippen LogP) is 6.74. The zero-order valence-corrected chi connectivity index (χ0v) is 25.5. The molecule has 0 unspecified atom stereocenters. The number of piperidine rings is 1. The highest BCUT2D eigenvalue weighted by Crippen LogP contribution is 2.49. The summed E-state index contributed by atoms with van der Waals surface area (Å²) in [4.78, 5) is 31.8. The molecule has 5 heterocycles. The minimum Gasteiger partial charge on any atom is -0.334 e. The normalized spacial score (nSPS) is 25.7. The first kappa shape index (κ1) is 27.6. The van der Waals surface area contributed by atoms with Gasteiger partial charge in [-0.2, -0.15) is 0 Å². The predicted molar refractivity (Wildman–Crippen MR) is 166 cm³/mol. The summed E-state index contributed by atoms with van der Waals surface area (Å²) in [5.74, 6) is -0.326. The summed E-state index contributed by atoms with van der Waals surface area (Å²) in [5.41, 5.74) is 3.71. The first-order valence-electron chi connectivity index (χ1n) is 15.8. The lowest BCUT2D eigenvalue weighted by Gasteiger charge is -2.48. The third kappa shape index (κ3) is 4.09. The number of likely N-dealkylation sites (tertiary alicyclic amines) is 1. The zero-order chi connectivity index (χ0) is 30.5. The van der Waals surface area contributed by atoms with Gasteiger partial charge in [0.15, 0.2) is 17.5 Å². The highest BCUT2D eigenvalue weighted by atomic mass is 19.1. The Labute approximate surface area is 255 Å². The molecule has 1 saturated heterocycles. The van der Waals surface area contributed by atoms with Crippen molar-refractivity contribution in [1.82, 2.24) is 24.4 Å². The van der Waals surface area contributed by atoms with E-state index in [1.807, 2.05) is 55.4 Å². The summed E-state index contributed by atoms with van der Waals surface area (Å²) < 4.78 is 31.3. The van der Waals surface area contributed by atoms with Crippen molar-refractivity contribution in [1.29, 1.82) is 0 Å². The molecule has 3 fully saturated rings. The van der Waals surface area contributed by atoms with Crippen LogP contribution in [0.1, 0.15) is 71.4 Å². The molecule has 10 heteroatoms. The van der Waals surface area contributed by atoms with Crippen molar-refractivity contribution in [2.75, 3.05) is 16.8 Å². The van der Waals surface area contributed by atoms with Crippen molar-refractivity contribution in [2.45, 2.75) is 89.4 Å². The number of nitrogens with zero attached hydrogens (tertiary/aromatic N) is 6. The summed E-state index contributed by atoms with van der Waals surface area (Å²) in [7, 11) is 0. The first-order chi connectivity index (χ1) is 21.1. The van der Waals surface area contributed by atoms with Crippen molar-refractivity contribution in [3.05, 3.63) is 60.2 Å². The van der Waals surface area contributed by atoms with Gasteiger partial charge in [0.05, 0.1) is 35.3 Å². The Kier molecular flexibility index (Phi) is 6.14. The highest BCUT2D eigenvalue weighted by molar-refractivity contribution is 6.08. The van der Waals surface area contributed by atoms with Crippen LogP contribution in [0.4, 0.5) is 26.0 Å². The molecule has 2 atom stereocenters. The van der Waals surface area contributed by atoms with Gasteiger partial charge < -0.3 is 14.8 Å². The molecule has 8 rings (SSSR count). The minimum atomic E-state index is -0.810. The van der Waals surface area contributed by atoms with E-state index in [4.69, 9.17) is 4.98 Å². The van der Waals surface area contributed by atoms with Crippen LogP contribution in [-0.2, 0) is 10.2 Å². The standard InChI is InChI=1S/C34H37F2N7O/c1-18(2)42-17-38-28-13-27(39-32(31(28)42)40-30-25(35)14-37-15-26(30)36)20-6-8-24-29(10-20)43(33(44)34(24,3)4)23-11-22(12-23)41-16-19-5-7-21(41)9-19/h6,8,10,13-15,17-19,21-23H,5,7,9,11-12,16H2,1-4H3,(H,37,39,40)/t19-,21+,22?,23?/m0/s1. The van der Waals surface area contributed by atoms with Crippen LogP contribution in [-0.4, -0.2) is 55.0 Å². The van der Waals surface area contributed by atoms with Gasteiger partial charge in [-0.15, -0.1) is 0 Å². The Hall–Kier alpha value is -3.92. The van der Waals surface area contributed by atoms with Crippen LogP contribution in [0.2, 0.25) is 0 Å². The van der Waals surface area contributed by atoms with E-state index in [-0.39, 0.29) is 23.7 Å². The minimum absolute atomic E-state index is 0.0455. The number of carbonyl (C=O) groups is 1. The smallest absolute Gasteiger partial charge is 0.237 e. The molecule has 1 amide bonds. The lowest BCUT2D eigenvalue weighted by Crippen LogP contribution is -2.57. The number of aromatic nitrogens is 4. The maximum absolute atomic E-state index is 14.7. The van der Waals surface area contributed by atoms with E-state index < -0.39 is 17.0 Å². The quantitative estimate of drug-likeness (QED) is 0.265. The SMILES string of the molecule is CC(C)n1cnc2cc(-c3ccc4c(c3)N(C3CC(N5C[C@H]6CC[C@@H]5C6)C3)C(=O)C4(C)C)nc(Nc3c(F)cncc3F)c21. The van der Waals surface area contributed by atoms with E-state index in [0.717, 1.165) is 54.0 Å². The van der Waals surface area contributed by atoms with E-state index in [9.17, 15) is 13.6 Å². The molecule has 2 aliphatic carbocycles. The molecule has 8 nitrogen and oxygen atoms in total. The molecule has 1 aromatic carbocycles. The Bertz CT molecular complexity index is 1790. The van der Waals surface area contributed by atoms with E-state index in [2.05, 4.69) is 26.3 Å². The number of pyridine rings is 2. The molecule has 228 valence electrons. The molecule has 2 aliphatic heterocycles. The Morgan fingerprint density at radius 1 is 1.00 bits per heavy atom. The third-order valence-corrected chi connectivity index (χ3v) is 10.6. The summed E-state index contributed by atoms with van der Waals surface area (Å²) in [6.07, 6.45) is 9.69. The molecular formula is C34H37F2N7O. The summed E-state index contributed by atoms with van der Waals surface area (Å²) in [5, 5.41) is 2.90. The summed E-state index contributed by atoms with van der Waals surface area (Å²) >= 11 is 0. The van der Waals surface area contributed by atoms with Gasteiger partial charge in [0.1, 0.15) is 11.2 Å². The van der Waals surface area contributed by atoms with Gasteiger partial charge in [0.2, 0.25) is 5.91 Å². The van der Waals surface area contributed by atoms with Crippen molar-refractivity contribution in [3.63, 3.8) is 0 Å². The maximum atomic E-state index is 14.7. The van der Waals surface area contributed by atoms with Crippen LogP contribution in [0.5, 0.6) is 0 Å². The lowest BCUT2D eigenvalue weighted by molar-refractivity contribution is -0.123. The molecule has 4 aliphatic rings. The number of nitrogens with one attached hydrogen (secondary N) is 1. The number of carbonyl (C=O) groups excluding carboxylic acids is 1. The van der Waals surface area contributed by atoms with E-state index in [0.29, 0.717) is 28.6 Å². The number of fused-ring (bicyclic) bond motifs is 4. The summed E-state index contributed by atoms with van der Waals surface area (Å²) in [6.45, 7) is 9.25. The van der Waals surface area contributed by atoms with Crippen LogP contribution < -0.4 is 10.2 Å². The van der Waals surface area contributed by atoms with Crippen molar-refractivity contribution in [3.8, 4) is 11.3 Å². The van der Waals surface area contributed by atoms with Crippen molar-refractivity contribution >= 4 is 34.1 Å². The second kappa shape index (κ2) is 9.79. The average molecular weight is 598 g/mol. The number of rotatable bonds is 6. The largest absolute Gasteiger partial charge is 0.334 e. The van der Waals surface area contributed by atoms with Gasteiger partial charge in [0, 0.05) is 42.0 Å². The number of halogens is 2. The van der Waals surface area contributed by atoms with Crippen LogP contribution in [0.3, 0.4) is 0 Å². The third-order valence-electron chi connectivity index (χ3n) is 10.6. The molecule has 2 saturated carbocycles. The van der Waals surface area contributed by atoms with Crippen molar-refractivity contribution < 1.29 is 13.6 Å². The lowest BCUT2D eigenvalue weighted by atomic mass is 9.82. The van der Waals surface area contributed by atoms with Gasteiger partial charge in [-0.05, 0) is 83.4 Å². The van der Waals surface area contributed by atoms with Gasteiger partial charge in [-0.25, -0.2) is 18.7 Å². The second-order valence-corrected chi connectivity index (χ2v) is 13.9. The van der Waals surface area contributed by atoms with Crippen molar-refractivity contribution in [2.24, 2.45) is 5.92 Å². The Balaban J connectivity index is 1.17. The highest BCUT2D eigenvalue weighted by Gasteiger charge is 2.52. The molecule has 0 spiro atoms. The number of amides is 1. The molecule has 1 N–H and O–H groups in total. The molecule has 44 heavy (non-hydrogen) atoms. The number of hydrogen-bond donors (Lipinski definition) is 1.